The molecule has 1 aliphatic heterocycles. The third-order valence-corrected chi connectivity index (χ3v) is 4.86. The van der Waals surface area contributed by atoms with Gasteiger partial charge in [-0.15, -0.1) is 0 Å². The molecule has 1 heterocycles. The zero-order chi connectivity index (χ0) is 14.0. The Balaban J connectivity index is 1.90. The fraction of sp³-hybridized carbons (Fsp3) is 0.647. The predicted molar refractivity (Wildman–Crippen MR) is 83.6 cm³/mol. The largest absolute Gasteiger partial charge is 0.299 e. The highest BCUT2D eigenvalue weighted by atomic mass is 35.5. The lowest BCUT2D eigenvalue weighted by Gasteiger charge is -2.38. The first-order chi connectivity index (χ1) is 8.86. The average molecular weight is 280 g/mol. The molecule has 2 heteroatoms. The van der Waals surface area contributed by atoms with Crippen molar-refractivity contribution < 1.29 is 0 Å². The summed E-state index contributed by atoms with van der Waals surface area (Å²) in [5, 5.41) is 0.871. The molecule has 0 spiro atoms. The van der Waals surface area contributed by atoms with Crippen LogP contribution in [0.25, 0.3) is 0 Å². The van der Waals surface area contributed by atoms with Crippen LogP contribution < -0.4 is 0 Å². The molecule has 0 radical (unpaired) electrons. The lowest BCUT2D eigenvalue weighted by molar-refractivity contribution is 0.108. The van der Waals surface area contributed by atoms with Crippen LogP contribution in [0.15, 0.2) is 18.2 Å². The van der Waals surface area contributed by atoms with Crippen molar-refractivity contribution in [1.29, 1.82) is 0 Å². The number of piperidine rings is 1. The summed E-state index contributed by atoms with van der Waals surface area (Å²) in [6, 6.07) is 6.40. The number of hydrogen-bond acceptors (Lipinski definition) is 1. The molecule has 2 rings (SSSR count). The molecule has 1 fully saturated rings. The van der Waals surface area contributed by atoms with Crippen molar-refractivity contribution in [3.8, 4) is 0 Å². The standard InChI is InChI=1S/C17H26ClN/c1-13-11-14(5-6-16(13)18)12-19-9-7-15(8-10-19)17(2,3)4/h5-6,11,15H,7-10,12H2,1-4H3. The Kier molecular flexibility index (Phi) is 4.58. The first-order valence-electron chi connectivity index (χ1n) is 7.33. The summed E-state index contributed by atoms with van der Waals surface area (Å²) >= 11 is 6.08. The third-order valence-electron chi connectivity index (χ3n) is 4.44. The molecule has 0 N–H and O–H groups in total. The maximum atomic E-state index is 6.08. The van der Waals surface area contributed by atoms with Crippen molar-refractivity contribution in [2.24, 2.45) is 11.3 Å². The minimum absolute atomic E-state index is 0.461. The van der Waals surface area contributed by atoms with Crippen molar-refractivity contribution in [3.05, 3.63) is 34.3 Å². The Morgan fingerprint density at radius 2 is 1.84 bits per heavy atom. The van der Waals surface area contributed by atoms with E-state index in [4.69, 9.17) is 11.6 Å². The van der Waals surface area contributed by atoms with Gasteiger partial charge in [-0.05, 0) is 61.4 Å². The topological polar surface area (TPSA) is 3.24 Å². The second-order valence-electron chi connectivity index (χ2n) is 7.00. The van der Waals surface area contributed by atoms with Crippen LogP contribution in [0.5, 0.6) is 0 Å². The van der Waals surface area contributed by atoms with Gasteiger partial charge in [0.2, 0.25) is 0 Å². The molecule has 0 aromatic heterocycles. The van der Waals surface area contributed by atoms with Gasteiger partial charge in [0, 0.05) is 11.6 Å². The van der Waals surface area contributed by atoms with Gasteiger partial charge in [0.05, 0.1) is 0 Å². The number of rotatable bonds is 2. The quantitative estimate of drug-likeness (QED) is 0.744. The lowest BCUT2D eigenvalue weighted by atomic mass is 9.75. The van der Waals surface area contributed by atoms with Gasteiger partial charge < -0.3 is 0 Å². The zero-order valence-electron chi connectivity index (χ0n) is 12.7. The molecule has 0 aliphatic carbocycles. The fourth-order valence-corrected chi connectivity index (χ4v) is 3.14. The Morgan fingerprint density at radius 3 is 2.37 bits per heavy atom. The lowest BCUT2D eigenvalue weighted by Crippen LogP contribution is -2.37. The van der Waals surface area contributed by atoms with Gasteiger partial charge in [-0.3, -0.25) is 4.90 Å². The van der Waals surface area contributed by atoms with Gasteiger partial charge in [0.15, 0.2) is 0 Å². The fourth-order valence-electron chi connectivity index (χ4n) is 3.02. The summed E-state index contributed by atoms with van der Waals surface area (Å²) in [4.78, 5) is 2.57. The van der Waals surface area contributed by atoms with Crippen molar-refractivity contribution in [2.75, 3.05) is 13.1 Å². The van der Waals surface area contributed by atoms with E-state index < -0.39 is 0 Å². The summed E-state index contributed by atoms with van der Waals surface area (Å²) in [6.45, 7) is 12.7. The van der Waals surface area contributed by atoms with E-state index in [9.17, 15) is 0 Å². The zero-order valence-corrected chi connectivity index (χ0v) is 13.4. The van der Waals surface area contributed by atoms with E-state index in [0.29, 0.717) is 5.41 Å². The number of nitrogens with zero attached hydrogens (tertiary/aromatic N) is 1. The van der Waals surface area contributed by atoms with Gasteiger partial charge in [-0.1, -0.05) is 44.5 Å². The Bertz CT molecular complexity index is 425. The van der Waals surface area contributed by atoms with Crippen LogP contribution in [0.4, 0.5) is 0 Å². The normalized spacial score (nSPS) is 18.8. The molecule has 1 saturated heterocycles. The third kappa shape index (κ3) is 3.97. The highest BCUT2D eigenvalue weighted by Crippen LogP contribution is 2.34. The molecular weight excluding hydrogens is 254 g/mol. The first-order valence-corrected chi connectivity index (χ1v) is 7.71. The summed E-state index contributed by atoms with van der Waals surface area (Å²) in [6.07, 6.45) is 2.66. The second kappa shape index (κ2) is 5.85. The molecule has 1 aliphatic rings. The Hall–Kier alpha value is -0.530. The number of hydrogen-bond donors (Lipinski definition) is 0. The molecule has 1 aromatic carbocycles. The smallest absolute Gasteiger partial charge is 0.0435 e. The van der Waals surface area contributed by atoms with Gasteiger partial charge >= 0.3 is 0 Å². The van der Waals surface area contributed by atoms with Crippen LogP contribution in [-0.2, 0) is 6.54 Å². The molecule has 19 heavy (non-hydrogen) atoms. The van der Waals surface area contributed by atoms with E-state index in [1.165, 1.54) is 37.1 Å². The molecule has 0 unspecified atom stereocenters. The van der Waals surface area contributed by atoms with Crippen LogP contribution in [0.2, 0.25) is 5.02 Å². The summed E-state index contributed by atoms with van der Waals surface area (Å²) in [5.74, 6) is 0.871. The van der Waals surface area contributed by atoms with E-state index in [2.05, 4.69) is 44.7 Å². The minimum atomic E-state index is 0.461. The summed E-state index contributed by atoms with van der Waals surface area (Å²) in [5.41, 5.74) is 3.03. The first kappa shape index (κ1) is 14.9. The molecular formula is C17H26ClN. The molecule has 0 amide bonds. The number of aryl methyl sites for hydroxylation is 1. The van der Waals surface area contributed by atoms with Crippen LogP contribution in [0.3, 0.4) is 0 Å². The maximum Gasteiger partial charge on any atom is 0.0435 e. The van der Waals surface area contributed by atoms with Gasteiger partial charge in [-0.2, -0.15) is 0 Å². The van der Waals surface area contributed by atoms with Crippen LogP contribution in [0, 0.1) is 18.3 Å². The SMILES string of the molecule is Cc1cc(CN2CCC(C(C)(C)C)CC2)ccc1Cl. The molecule has 0 saturated carbocycles. The maximum absolute atomic E-state index is 6.08. The molecule has 0 bridgehead atoms. The highest BCUT2D eigenvalue weighted by molar-refractivity contribution is 6.31. The van der Waals surface area contributed by atoms with E-state index in [0.717, 1.165) is 17.5 Å². The van der Waals surface area contributed by atoms with Crippen molar-refractivity contribution in [1.82, 2.24) is 4.90 Å². The summed E-state index contributed by atoms with van der Waals surface area (Å²) in [7, 11) is 0. The number of likely N-dealkylation sites (tertiary alicyclic amines) is 1. The molecule has 1 aromatic rings. The Morgan fingerprint density at radius 1 is 1.21 bits per heavy atom. The minimum Gasteiger partial charge on any atom is -0.299 e. The summed E-state index contributed by atoms with van der Waals surface area (Å²) < 4.78 is 0. The predicted octanol–water partition coefficient (Wildman–Crippen LogP) is 4.91. The molecule has 106 valence electrons. The number of halogens is 1. The van der Waals surface area contributed by atoms with Crippen molar-refractivity contribution in [3.63, 3.8) is 0 Å². The van der Waals surface area contributed by atoms with Crippen molar-refractivity contribution >= 4 is 11.6 Å². The van der Waals surface area contributed by atoms with E-state index >= 15 is 0 Å². The van der Waals surface area contributed by atoms with E-state index in [-0.39, 0.29) is 0 Å². The van der Waals surface area contributed by atoms with Crippen LogP contribution >= 0.6 is 11.6 Å². The van der Waals surface area contributed by atoms with Gasteiger partial charge in [-0.25, -0.2) is 0 Å². The highest BCUT2D eigenvalue weighted by Gasteiger charge is 2.28. The number of benzene rings is 1. The Labute approximate surface area is 123 Å². The monoisotopic (exact) mass is 279 g/mol. The molecule has 1 nitrogen and oxygen atoms in total. The molecule has 0 atom stereocenters. The van der Waals surface area contributed by atoms with Crippen molar-refractivity contribution in [2.45, 2.75) is 47.1 Å². The van der Waals surface area contributed by atoms with Gasteiger partial charge in [0.25, 0.3) is 0 Å². The van der Waals surface area contributed by atoms with Gasteiger partial charge in [0.1, 0.15) is 0 Å². The van der Waals surface area contributed by atoms with E-state index in [1.54, 1.807) is 0 Å². The average Bonchev–Trinajstić information content (AvgIpc) is 2.33. The van der Waals surface area contributed by atoms with Crippen LogP contribution in [0.1, 0.15) is 44.7 Å². The van der Waals surface area contributed by atoms with E-state index in [1.807, 2.05) is 6.07 Å². The van der Waals surface area contributed by atoms with Crippen LogP contribution in [-0.4, -0.2) is 18.0 Å². The second-order valence-corrected chi connectivity index (χ2v) is 7.41.